The van der Waals surface area contributed by atoms with Crippen LogP contribution in [0, 0.1) is 0 Å². The zero-order chi connectivity index (χ0) is 13.2. The Hall–Kier alpha value is -1.52. The molecule has 0 saturated heterocycles. The lowest BCUT2D eigenvalue weighted by Crippen LogP contribution is -2.00. The number of aromatic amines is 1. The first-order chi connectivity index (χ1) is 9.24. The van der Waals surface area contributed by atoms with Gasteiger partial charge in [0.1, 0.15) is 0 Å². The van der Waals surface area contributed by atoms with E-state index in [1.54, 1.807) is 0 Å². The van der Waals surface area contributed by atoms with E-state index in [9.17, 15) is 0 Å². The van der Waals surface area contributed by atoms with E-state index in [0.717, 1.165) is 31.6 Å². The quantitative estimate of drug-likeness (QED) is 0.734. The van der Waals surface area contributed by atoms with Gasteiger partial charge in [-0.25, -0.2) is 0 Å². The topological polar surface area (TPSA) is 40.7 Å². The van der Waals surface area contributed by atoms with Gasteiger partial charge in [-0.3, -0.25) is 5.10 Å². The highest BCUT2D eigenvalue weighted by Gasteiger charge is 2.04. The minimum Gasteiger partial charge on any atom is -0.379 e. The van der Waals surface area contributed by atoms with Gasteiger partial charge < -0.3 is 5.32 Å². The van der Waals surface area contributed by atoms with Crippen LogP contribution in [-0.2, 0) is 6.54 Å². The molecule has 5 heteroatoms. The number of fused-ring (bicyclic) bond motifs is 1. The molecule has 1 heterocycles. The van der Waals surface area contributed by atoms with Gasteiger partial charge in [-0.15, -0.1) is 0 Å². The fraction of sp³-hybridized carbons (Fsp3) is 0.0714. The van der Waals surface area contributed by atoms with Gasteiger partial charge in [0, 0.05) is 21.4 Å². The van der Waals surface area contributed by atoms with Crippen LogP contribution in [0.1, 0.15) is 5.56 Å². The highest BCUT2D eigenvalue weighted by molar-refractivity contribution is 9.10. The summed E-state index contributed by atoms with van der Waals surface area (Å²) < 4.78 is 1.04. The van der Waals surface area contributed by atoms with Gasteiger partial charge in [-0.2, -0.15) is 5.10 Å². The predicted molar refractivity (Wildman–Crippen MR) is 82.6 cm³/mol. The van der Waals surface area contributed by atoms with Gasteiger partial charge in [0.25, 0.3) is 0 Å². The second kappa shape index (κ2) is 5.23. The third kappa shape index (κ3) is 2.60. The number of nitrogens with one attached hydrogen (secondary N) is 2. The number of para-hydroxylation sites is 1. The van der Waals surface area contributed by atoms with Crippen molar-refractivity contribution in [1.82, 2.24) is 10.2 Å². The number of nitrogens with zero attached hydrogens (tertiary/aromatic N) is 1. The van der Waals surface area contributed by atoms with Crippen molar-refractivity contribution in [3.8, 4) is 0 Å². The van der Waals surface area contributed by atoms with Crippen molar-refractivity contribution in [3.63, 3.8) is 0 Å². The molecule has 0 bridgehead atoms. The number of anilines is 1. The van der Waals surface area contributed by atoms with E-state index in [0.29, 0.717) is 6.54 Å². The maximum absolute atomic E-state index is 6.01. The summed E-state index contributed by atoms with van der Waals surface area (Å²) in [7, 11) is 0. The van der Waals surface area contributed by atoms with Gasteiger partial charge in [0.15, 0.2) is 0 Å². The van der Waals surface area contributed by atoms with Crippen LogP contribution in [0.15, 0.2) is 47.1 Å². The largest absolute Gasteiger partial charge is 0.379 e. The number of rotatable bonds is 3. The van der Waals surface area contributed by atoms with Crippen LogP contribution in [0.3, 0.4) is 0 Å². The summed E-state index contributed by atoms with van der Waals surface area (Å²) in [6.45, 7) is 0.694. The fourth-order valence-corrected chi connectivity index (χ4v) is 2.57. The van der Waals surface area contributed by atoms with E-state index in [2.05, 4.69) is 31.4 Å². The summed E-state index contributed by atoms with van der Waals surface area (Å²) in [5, 5.41) is 12.3. The van der Waals surface area contributed by atoms with Crippen molar-refractivity contribution in [1.29, 1.82) is 0 Å². The Morgan fingerprint density at radius 3 is 3.05 bits per heavy atom. The van der Waals surface area contributed by atoms with Crippen LogP contribution >= 0.6 is 27.5 Å². The second-order valence-corrected chi connectivity index (χ2v) is 5.52. The van der Waals surface area contributed by atoms with Gasteiger partial charge in [-0.1, -0.05) is 39.7 Å². The molecule has 0 aliphatic carbocycles. The van der Waals surface area contributed by atoms with E-state index < -0.39 is 0 Å². The normalized spacial score (nSPS) is 10.8. The van der Waals surface area contributed by atoms with E-state index in [1.165, 1.54) is 0 Å². The molecule has 0 saturated carbocycles. The summed E-state index contributed by atoms with van der Waals surface area (Å²) in [5.74, 6) is 0. The Kier molecular flexibility index (Phi) is 3.44. The molecule has 1 aromatic heterocycles. The minimum atomic E-state index is 0.694. The molecule has 0 amide bonds. The zero-order valence-electron chi connectivity index (χ0n) is 9.95. The van der Waals surface area contributed by atoms with Crippen molar-refractivity contribution in [2.75, 3.05) is 5.32 Å². The number of aromatic nitrogens is 2. The summed E-state index contributed by atoms with van der Waals surface area (Å²) in [6.07, 6.45) is 1.82. The molecule has 0 radical (unpaired) electrons. The van der Waals surface area contributed by atoms with Crippen LogP contribution < -0.4 is 5.32 Å². The highest BCUT2D eigenvalue weighted by Crippen LogP contribution is 2.24. The molecule has 2 N–H and O–H groups in total. The van der Waals surface area contributed by atoms with E-state index in [4.69, 9.17) is 11.6 Å². The fourth-order valence-electron chi connectivity index (χ4n) is 1.99. The van der Waals surface area contributed by atoms with Crippen LogP contribution in [0.25, 0.3) is 10.9 Å². The molecule has 0 unspecified atom stereocenters. The Labute approximate surface area is 124 Å². The van der Waals surface area contributed by atoms with Crippen molar-refractivity contribution in [2.24, 2.45) is 0 Å². The molecule has 3 rings (SSSR count). The summed E-state index contributed by atoms with van der Waals surface area (Å²) >= 11 is 9.54. The summed E-state index contributed by atoms with van der Waals surface area (Å²) in [5.41, 5.74) is 3.16. The summed E-state index contributed by atoms with van der Waals surface area (Å²) in [4.78, 5) is 0. The molecular formula is C14H11BrClN3. The molecule has 0 spiro atoms. The Bertz CT molecular complexity index is 724. The molecule has 0 fully saturated rings. The average Bonchev–Trinajstić information content (AvgIpc) is 2.88. The van der Waals surface area contributed by atoms with Gasteiger partial charge in [0.05, 0.1) is 17.4 Å². The molecule has 0 aliphatic heterocycles. The molecule has 3 aromatic rings. The maximum atomic E-state index is 6.01. The monoisotopic (exact) mass is 335 g/mol. The van der Waals surface area contributed by atoms with Gasteiger partial charge in [-0.05, 0) is 29.8 Å². The Morgan fingerprint density at radius 2 is 2.16 bits per heavy atom. The molecule has 0 atom stereocenters. The SMILES string of the molecule is Clc1ccc(Br)c(CNc2cccc3cn[nH]c23)c1. The van der Waals surface area contributed by atoms with E-state index in [-0.39, 0.29) is 0 Å². The number of benzene rings is 2. The van der Waals surface area contributed by atoms with Crippen molar-refractivity contribution in [3.05, 3.63) is 57.7 Å². The lowest BCUT2D eigenvalue weighted by Gasteiger charge is -2.09. The third-order valence-electron chi connectivity index (χ3n) is 2.95. The first-order valence-corrected chi connectivity index (χ1v) is 7.01. The lowest BCUT2D eigenvalue weighted by molar-refractivity contribution is 1.10. The van der Waals surface area contributed by atoms with E-state index >= 15 is 0 Å². The van der Waals surface area contributed by atoms with E-state index in [1.807, 2.05) is 42.6 Å². The molecule has 0 aliphatic rings. The average molecular weight is 337 g/mol. The van der Waals surface area contributed by atoms with Crippen LogP contribution in [0.2, 0.25) is 5.02 Å². The number of hydrogen-bond acceptors (Lipinski definition) is 2. The first-order valence-electron chi connectivity index (χ1n) is 5.84. The molecule has 3 nitrogen and oxygen atoms in total. The number of H-pyrrole nitrogens is 1. The summed E-state index contributed by atoms with van der Waals surface area (Å²) in [6, 6.07) is 11.8. The van der Waals surface area contributed by atoms with Crippen LogP contribution in [0.4, 0.5) is 5.69 Å². The number of halogens is 2. The van der Waals surface area contributed by atoms with Gasteiger partial charge >= 0.3 is 0 Å². The zero-order valence-corrected chi connectivity index (χ0v) is 12.3. The molecule has 96 valence electrons. The maximum Gasteiger partial charge on any atom is 0.0881 e. The predicted octanol–water partition coefficient (Wildman–Crippen LogP) is 4.59. The molecule has 19 heavy (non-hydrogen) atoms. The van der Waals surface area contributed by atoms with Gasteiger partial charge in [0.2, 0.25) is 0 Å². The molecule has 2 aromatic carbocycles. The minimum absolute atomic E-state index is 0.694. The third-order valence-corrected chi connectivity index (χ3v) is 3.96. The van der Waals surface area contributed by atoms with Crippen molar-refractivity contribution < 1.29 is 0 Å². The van der Waals surface area contributed by atoms with Crippen LogP contribution in [-0.4, -0.2) is 10.2 Å². The first kappa shape index (κ1) is 12.5. The van der Waals surface area contributed by atoms with Crippen molar-refractivity contribution in [2.45, 2.75) is 6.54 Å². The smallest absolute Gasteiger partial charge is 0.0881 e. The second-order valence-electron chi connectivity index (χ2n) is 4.23. The molecular weight excluding hydrogens is 326 g/mol. The van der Waals surface area contributed by atoms with Crippen molar-refractivity contribution >= 4 is 44.1 Å². The highest BCUT2D eigenvalue weighted by atomic mass is 79.9. The number of hydrogen-bond donors (Lipinski definition) is 2. The standard InChI is InChI=1S/C14H11BrClN3/c15-12-5-4-11(16)6-10(12)7-17-13-3-1-2-9-8-18-19-14(9)13/h1-6,8,17H,7H2,(H,18,19). The lowest BCUT2D eigenvalue weighted by atomic mass is 10.2. The Morgan fingerprint density at radius 1 is 1.26 bits per heavy atom. The Balaban J connectivity index is 1.86. The van der Waals surface area contributed by atoms with Crippen LogP contribution in [0.5, 0.6) is 0 Å².